The van der Waals surface area contributed by atoms with Gasteiger partial charge >= 0.3 is 0 Å². The minimum absolute atomic E-state index is 0.280. The number of hydrogen-bond donors (Lipinski definition) is 1. The number of aliphatic hydroxyl groups excluding tert-OH is 1. The minimum Gasteiger partial charge on any atom is -0.392 e. The number of benzene rings is 1. The number of β-amino-alcohol motifs (C(OH)–C–C–N with tert-alkyl or cyclic N) is 1. The number of anilines is 1. The SMILES string of the molecule is CCC1CN(c2ccnc(Cc3ccccc3)n2)CCN1CC(C)O. The Hall–Kier alpha value is -1.98. The Balaban J connectivity index is 1.69. The Morgan fingerprint density at radius 3 is 2.72 bits per heavy atom. The summed E-state index contributed by atoms with van der Waals surface area (Å²) < 4.78 is 0. The molecule has 0 saturated carbocycles. The van der Waals surface area contributed by atoms with Crippen molar-refractivity contribution in [3.63, 3.8) is 0 Å². The maximum atomic E-state index is 9.70. The number of aromatic nitrogens is 2. The van der Waals surface area contributed by atoms with E-state index in [4.69, 9.17) is 4.98 Å². The van der Waals surface area contributed by atoms with E-state index >= 15 is 0 Å². The van der Waals surface area contributed by atoms with Gasteiger partial charge < -0.3 is 10.0 Å². The van der Waals surface area contributed by atoms with Gasteiger partial charge in [-0.3, -0.25) is 4.90 Å². The summed E-state index contributed by atoms with van der Waals surface area (Å²) in [6.45, 7) is 7.66. The van der Waals surface area contributed by atoms with Crippen molar-refractivity contribution in [2.75, 3.05) is 31.1 Å². The molecular formula is C20H28N4O. The van der Waals surface area contributed by atoms with Crippen LogP contribution in [0.5, 0.6) is 0 Å². The highest BCUT2D eigenvalue weighted by molar-refractivity contribution is 5.39. The van der Waals surface area contributed by atoms with E-state index in [1.54, 1.807) is 0 Å². The quantitative estimate of drug-likeness (QED) is 0.875. The van der Waals surface area contributed by atoms with Gasteiger partial charge in [0, 0.05) is 44.8 Å². The molecule has 0 spiro atoms. The molecule has 2 unspecified atom stereocenters. The molecule has 1 fully saturated rings. The average Bonchev–Trinajstić information content (AvgIpc) is 2.63. The van der Waals surface area contributed by atoms with Crippen LogP contribution in [0.25, 0.3) is 0 Å². The maximum absolute atomic E-state index is 9.70. The van der Waals surface area contributed by atoms with Crippen molar-refractivity contribution in [3.05, 3.63) is 54.0 Å². The predicted molar refractivity (Wildman–Crippen MR) is 101 cm³/mol. The Labute approximate surface area is 150 Å². The number of piperazine rings is 1. The van der Waals surface area contributed by atoms with Crippen LogP contribution < -0.4 is 4.90 Å². The van der Waals surface area contributed by atoms with Crippen LogP contribution in [-0.4, -0.2) is 58.3 Å². The van der Waals surface area contributed by atoms with Crippen LogP contribution in [0, 0.1) is 0 Å². The van der Waals surface area contributed by atoms with Gasteiger partial charge in [0.05, 0.1) is 6.10 Å². The summed E-state index contributed by atoms with van der Waals surface area (Å²) in [6.07, 6.45) is 3.42. The molecule has 2 heterocycles. The molecule has 1 aromatic heterocycles. The number of aliphatic hydroxyl groups is 1. The smallest absolute Gasteiger partial charge is 0.135 e. The molecule has 2 aromatic rings. The lowest BCUT2D eigenvalue weighted by atomic mass is 10.1. The zero-order chi connectivity index (χ0) is 17.6. The molecule has 5 nitrogen and oxygen atoms in total. The van der Waals surface area contributed by atoms with Gasteiger partial charge in [0.2, 0.25) is 0 Å². The predicted octanol–water partition coefficient (Wildman–Crippen LogP) is 2.35. The molecule has 0 radical (unpaired) electrons. The Bertz CT molecular complexity index is 662. The van der Waals surface area contributed by atoms with Gasteiger partial charge in [0.15, 0.2) is 0 Å². The van der Waals surface area contributed by atoms with Crippen molar-refractivity contribution in [2.45, 2.75) is 38.8 Å². The van der Waals surface area contributed by atoms with Gasteiger partial charge in [-0.1, -0.05) is 37.3 Å². The zero-order valence-electron chi connectivity index (χ0n) is 15.2. The number of nitrogens with zero attached hydrogens (tertiary/aromatic N) is 4. The summed E-state index contributed by atoms with van der Waals surface area (Å²) in [5, 5.41) is 9.70. The fourth-order valence-corrected chi connectivity index (χ4v) is 3.50. The standard InChI is InChI=1S/C20H28N4O/c1-3-18-15-24(12-11-23(18)14-16(2)25)20-9-10-21-19(22-20)13-17-7-5-4-6-8-17/h4-10,16,18,25H,3,11-15H2,1-2H3. The van der Waals surface area contributed by atoms with Crippen LogP contribution in [0.3, 0.4) is 0 Å². The van der Waals surface area contributed by atoms with Gasteiger partial charge in [-0.25, -0.2) is 9.97 Å². The summed E-state index contributed by atoms with van der Waals surface area (Å²) >= 11 is 0. The van der Waals surface area contributed by atoms with E-state index in [0.717, 1.165) is 50.7 Å². The summed E-state index contributed by atoms with van der Waals surface area (Å²) in [5.41, 5.74) is 1.23. The maximum Gasteiger partial charge on any atom is 0.135 e. The summed E-state index contributed by atoms with van der Waals surface area (Å²) in [5.74, 6) is 1.87. The highest BCUT2D eigenvalue weighted by Gasteiger charge is 2.27. The monoisotopic (exact) mass is 340 g/mol. The van der Waals surface area contributed by atoms with Crippen LogP contribution >= 0.6 is 0 Å². The molecule has 2 atom stereocenters. The van der Waals surface area contributed by atoms with Gasteiger partial charge in [-0.15, -0.1) is 0 Å². The lowest BCUT2D eigenvalue weighted by Crippen LogP contribution is -2.54. The van der Waals surface area contributed by atoms with Crippen molar-refractivity contribution in [1.29, 1.82) is 0 Å². The number of rotatable bonds is 6. The molecule has 3 rings (SSSR count). The van der Waals surface area contributed by atoms with E-state index < -0.39 is 0 Å². The van der Waals surface area contributed by atoms with Gasteiger partial charge in [0.1, 0.15) is 11.6 Å². The van der Waals surface area contributed by atoms with Crippen LogP contribution in [0.2, 0.25) is 0 Å². The summed E-state index contributed by atoms with van der Waals surface area (Å²) in [6, 6.07) is 12.8. The molecule has 0 bridgehead atoms. The largest absolute Gasteiger partial charge is 0.392 e. The molecule has 25 heavy (non-hydrogen) atoms. The third-order valence-corrected chi connectivity index (χ3v) is 4.79. The van der Waals surface area contributed by atoms with E-state index in [0.29, 0.717) is 6.04 Å². The fourth-order valence-electron chi connectivity index (χ4n) is 3.50. The zero-order valence-corrected chi connectivity index (χ0v) is 15.2. The second-order valence-corrected chi connectivity index (χ2v) is 6.85. The van der Waals surface area contributed by atoms with Crippen molar-refractivity contribution >= 4 is 5.82 Å². The first-order valence-corrected chi connectivity index (χ1v) is 9.18. The molecule has 1 N–H and O–H groups in total. The second kappa shape index (κ2) is 8.41. The third-order valence-electron chi connectivity index (χ3n) is 4.79. The van der Waals surface area contributed by atoms with Gasteiger partial charge in [-0.05, 0) is 25.0 Å². The first-order chi connectivity index (χ1) is 12.2. The first-order valence-electron chi connectivity index (χ1n) is 9.18. The molecule has 5 heteroatoms. The highest BCUT2D eigenvalue weighted by Crippen LogP contribution is 2.19. The van der Waals surface area contributed by atoms with Crippen LogP contribution in [0.4, 0.5) is 5.82 Å². The minimum atomic E-state index is -0.280. The molecule has 0 aliphatic carbocycles. The molecule has 134 valence electrons. The average molecular weight is 340 g/mol. The molecule has 1 aliphatic heterocycles. The first kappa shape index (κ1) is 17.8. The Morgan fingerprint density at radius 2 is 2.00 bits per heavy atom. The summed E-state index contributed by atoms with van der Waals surface area (Å²) in [4.78, 5) is 14.0. The van der Waals surface area contributed by atoms with E-state index in [-0.39, 0.29) is 6.10 Å². The van der Waals surface area contributed by atoms with Crippen molar-refractivity contribution in [1.82, 2.24) is 14.9 Å². The van der Waals surface area contributed by atoms with Crippen molar-refractivity contribution in [3.8, 4) is 0 Å². The molecule has 1 saturated heterocycles. The second-order valence-electron chi connectivity index (χ2n) is 6.85. The van der Waals surface area contributed by atoms with Crippen molar-refractivity contribution in [2.24, 2.45) is 0 Å². The fraction of sp³-hybridized carbons (Fsp3) is 0.500. The van der Waals surface area contributed by atoms with Gasteiger partial charge in [0.25, 0.3) is 0 Å². The van der Waals surface area contributed by atoms with Crippen LogP contribution in [0.15, 0.2) is 42.6 Å². The normalized spacial score (nSPS) is 19.8. The third kappa shape index (κ3) is 4.77. The van der Waals surface area contributed by atoms with E-state index in [1.165, 1.54) is 5.56 Å². The topological polar surface area (TPSA) is 52.5 Å². The number of hydrogen-bond acceptors (Lipinski definition) is 5. The highest BCUT2D eigenvalue weighted by atomic mass is 16.3. The molecule has 1 aromatic carbocycles. The lowest BCUT2D eigenvalue weighted by molar-refractivity contribution is 0.0884. The Morgan fingerprint density at radius 1 is 1.20 bits per heavy atom. The van der Waals surface area contributed by atoms with Crippen LogP contribution in [-0.2, 0) is 6.42 Å². The van der Waals surface area contributed by atoms with E-state index in [1.807, 2.05) is 37.4 Å². The van der Waals surface area contributed by atoms with Crippen molar-refractivity contribution < 1.29 is 5.11 Å². The van der Waals surface area contributed by atoms with E-state index in [2.05, 4.69) is 33.8 Å². The molecule has 0 amide bonds. The molecular weight excluding hydrogens is 312 g/mol. The van der Waals surface area contributed by atoms with Crippen LogP contribution in [0.1, 0.15) is 31.7 Å². The van der Waals surface area contributed by atoms with E-state index in [9.17, 15) is 5.11 Å². The van der Waals surface area contributed by atoms with Gasteiger partial charge in [-0.2, -0.15) is 0 Å². The molecule has 1 aliphatic rings. The lowest BCUT2D eigenvalue weighted by Gasteiger charge is -2.42. The summed E-state index contributed by atoms with van der Waals surface area (Å²) in [7, 11) is 0. The Kier molecular flexibility index (Phi) is 6.00.